The van der Waals surface area contributed by atoms with Crippen molar-refractivity contribution in [3.8, 4) is 0 Å². The van der Waals surface area contributed by atoms with E-state index in [9.17, 15) is 8.78 Å². The summed E-state index contributed by atoms with van der Waals surface area (Å²) in [7, 11) is 0. The lowest BCUT2D eigenvalue weighted by Gasteiger charge is -2.27. The highest BCUT2D eigenvalue weighted by Crippen LogP contribution is 2.22. The van der Waals surface area contributed by atoms with Gasteiger partial charge in [-0.1, -0.05) is 24.3 Å². The van der Waals surface area contributed by atoms with Gasteiger partial charge < -0.3 is 10.6 Å². The fraction of sp³-hybridized carbons (Fsp3) is 0.294. The molecule has 0 aliphatic rings. The molecular formula is C17H20F2N2. The number of nitrogens with zero attached hydrogens (tertiary/aromatic N) is 1. The highest BCUT2D eigenvalue weighted by molar-refractivity contribution is 5.48. The number of benzene rings is 2. The summed E-state index contributed by atoms with van der Waals surface area (Å²) in [5.41, 5.74) is 8.46. The molecule has 0 radical (unpaired) electrons. The van der Waals surface area contributed by atoms with Gasteiger partial charge in [0.05, 0.1) is 6.04 Å². The monoisotopic (exact) mass is 290 g/mol. The van der Waals surface area contributed by atoms with Gasteiger partial charge >= 0.3 is 0 Å². The van der Waals surface area contributed by atoms with Gasteiger partial charge in [-0.05, 0) is 37.6 Å². The molecule has 0 aromatic heterocycles. The molecule has 2 N–H and O–H groups in total. The molecule has 4 heteroatoms. The summed E-state index contributed by atoms with van der Waals surface area (Å²) in [5, 5.41) is 0. The second kappa shape index (κ2) is 6.68. The van der Waals surface area contributed by atoms with E-state index in [4.69, 9.17) is 5.73 Å². The molecule has 21 heavy (non-hydrogen) atoms. The van der Waals surface area contributed by atoms with Gasteiger partial charge in [-0.25, -0.2) is 8.78 Å². The first-order valence-electron chi connectivity index (χ1n) is 7.04. The Morgan fingerprint density at radius 3 is 2.52 bits per heavy atom. The van der Waals surface area contributed by atoms with Gasteiger partial charge in [-0.15, -0.1) is 0 Å². The standard InChI is InChI=1S/C17H20F2N2/c1-3-21(13-7-4-6-12(2)10-13)11-16(20)14-8-5-9-15(18)17(14)19/h4-10,16H,3,11,20H2,1-2H3. The Hall–Kier alpha value is -1.94. The van der Waals surface area contributed by atoms with Crippen LogP contribution in [0, 0.1) is 18.6 Å². The lowest BCUT2D eigenvalue weighted by Crippen LogP contribution is -2.32. The molecule has 112 valence electrons. The van der Waals surface area contributed by atoms with Crippen LogP contribution in [0.1, 0.15) is 24.1 Å². The van der Waals surface area contributed by atoms with Crippen molar-refractivity contribution in [2.75, 3.05) is 18.0 Å². The third-order valence-electron chi connectivity index (χ3n) is 3.55. The van der Waals surface area contributed by atoms with Crippen LogP contribution in [0.15, 0.2) is 42.5 Å². The maximum Gasteiger partial charge on any atom is 0.163 e. The molecule has 2 nitrogen and oxygen atoms in total. The minimum Gasteiger partial charge on any atom is -0.370 e. The van der Waals surface area contributed by atoms with Crippen LogP contribution >= 0.6 is 0 Å². The summed E-state index contributed by atoms with van der Waals surface area (Å²) in [6, 6.07) is 11.6. The summed E-state index contributed by atoms with van der Waals surface area (Å²) >= 11 is 0. The zero-order valence-corrected chi connectivity index (χ0v) is 12.3. The summed E-state index contributed by atoms with van der Waals surface area (Å²) < 4.78 is 27.1. The molecule has 2 aromatic carbocycles. The van der Waals surface area contributed by atoms with E-state index < -0.39 is 17.7 Å². The predicted octanol–water partition coefficient (Wildman–Crippen LogP) is 3.80. The third-order valence-corrected chi connectivity index (χ3v) is 3.55. The Kier molecular flexibility index (Phi) is 4.91. The summed E-state index contributed by atoms with van der Waals surface area (Å²) in [6.07, 6.45) is 0. The van der Waals surface area contributed by atoms with E-state index in [2.05, 4.69) is 11.0 Å². The van der Waals surface area contributed by atoms with E-state index in [0.29, 0.717) is 6.54 Å². The zero-order valence-electron chi connectivity index (χ0n) is 12.3. The Labute approximate surface area is 124 Å². The van der Waals surface area contributed by atoms with Crippen LogP contribution in [-0.4, -0.2) is 13.1 Å². The average molecular weight is 290 g/mol. The Balaban J connectivity index is 2.20. The van der Waals surface area contributed by atoms with Crippen molar-refractivity contribution in [1.29, 1.82) is 0 Å². The van der Waals surface area contributed by atoms with E-state index >= 15 is 0 Å². The first kappa shape index (κ1) is 15.4. The molecule has 0 amide bonds. The van der Waals surface area contributed by atoms with Gasteiger partial charge in [0.2, 0.25) is 0 Å². The van der Waals surface area contributed by atoms with Gasteiger partial charge in [-0.2, -0.15) is 0 Å². The lowest BCUT2D eigenvalue weighted by atomic mass is 10.1. The van der Waals surface area contributed by atoms with E-state index in [0.717, 1.165) is 23.9 Å². The van der Waals surface area contributed by atoms with Crippen LogP contribution in [0.5, 0.6) is 0 Å². The molecule has 1 unspecified atom stereocenters. The van der Waals surface area contributed by atoms with Crippen molar-refractivity contribution in [3.05, 3.63) is 65.2 Å². The molecule has 0 aliphatic carbocycles. The van der Waals surface area contributed by atoms with Crippen molar-refractivity contribution >= 4 is 5.69 Å². The number of likely N-dealkylation sites (N-methyl/N-ethyl adjacent to an activating group) is 1. The Bertz CT molecular complexity index is 613. The summed E-state index contributed by atoms with van der Waals surface area (Å²) in [5.74, 6) is -1.72. The predicted molar refractivity (Wildman–Crippen MR) is 82.4 cm³/mol. The number of halogens is 2. The molecule has 0 bridgehead atoms. The number of aryl methyl sites for hydroxylation is 1. The molecule has 0 saturated heterocycles. The zero-order chi connectivity index (χ0) is 15.4. The fourth-order valence-corrected chi connectivity index (χ4v) is 2.38. The number of nitrogens with two attached hydrogens (primary N) is 1. The van der Waals surface area contributed by atoms with Crippen LogP contribution in [0.4, 0.5) is 14.5 Å². The number of anilines is 1. The van der Waals surface area contributed by atoms with Crippen LogP contribution in [-0.2, 0) is 0 Å². The fourth-order valence-electron chi connectivity index (χ4n) is 2.38. The molecule has 0 spiro atoms. The van der Waals surface area contributed by atoms with Gasteiger partial charge in [0, 0.05) is 24.3 Å². The van der Waals surface area contributed by atoms with Gasteiger partial charge in [0.1, 0.15) is 0 Å². The average Bonchev–Trinajstić information content (AvgIpc) is 2.47. The molecule has 0 aliphatic heterocycles. The van der Waals surface area contributed by atoms with Crippen molar-refractivity contribution in [1.82, 2.24) is 0 Å². The first-order valence-corrected chi connectivity index (χ1v) is 7.04. The van der Waals surface area contributed by atoms with E-state index in [-0.39, 0.29) is 5.56 Å². The molecule has 0 heterocycles. The number of rotatable bonds is 5. The molecule has 2 aromatic rings. The maximum absolute atomic E-state index is 13.8. The van der Waals surface area contributed by atoms with Gasteiger partial charge in [0.15, 0.2) is 11.6 Å². The topological polar surface area (TPSA) is 29.3 Å². The lowest BCUT2D eigenvalue weighted by molar-refractivity contribution is 0.487. The highest BCUT2D eigenvalue weighted by Gasteiger charge is 2.17. The second-order valence-corrected chi connectivity index (χ2v) is 5.13. The summed E-state index contributed by atoms with van der Waals surface area (Å²) in [4.78, 5) is 2.06. The van der Waals surface area contributed by atoms with Crippen molar-refractivity contribution in [2.45, 2.75) is 19.9 Å². The second-order valence-electron chi connectivity index (χ2n) is 5.13. The quantitative estimate of drug-likeness (QED) is 0.907. The molecule has 1 atom stereocenters. The van der Waals surface area contributed by atoms with Crippen LogP contribution in [0.3, 0.4) is 0 Å². The molecular weight excluding hydrogens is 270 g/mol. The molecule has 0 fully saturated rings. The maximum atomic E-state index is 13.8. The first-order chi connectivity index (χ1) is 10.0. The van der Waals surface area contributed by atoms with Crippen molar-refractivity contribution < 1.29 is 8.78 Å². The minimum absolute atomic E-state index is 0.209. The molecule has 0 saturated carbocycles. The largest absolute Gasteiger partial charge is 0.370 e. The van der Waals surface area contributed by atoms with Crippen LogP contribution in [0.2, 0.25) is 0 Å². The summed E-state index contributed by atoms with van der Waals surface area (Å²) in [6.45, 7) is 5.20. The SMILES string of the molecule is CCN(CC(N)c1cccc(F)c1F)c1cccc(C)c1. The highest BCUT2D eigenvalue weighted by atomic mass is 19.2. The Morgan fingerprint density at radius 1 is 1.14 bits per heavy atom. The van der Waals surface area contributed by atoms with Crippen LogP contribution < -0.4 is 10.6 Å². The van der Waals surface area contributed by atoms with Crippen molar-refractivity contribution in [2.24, 2.45) is 5.73 Å². The van der Waals surface area contributed by atoms with Gasteiger partial charge in [-0.3, -0.25) is 0 Å². The third kappa shape index (κ3) is 3.58. The number of hydrogen-bond acceptors (Lipinski definition) is 2. The normalized spacial score (nSPS) is 12.2. The molecule has 2 rings (SSSR count). The van der Waals surface area contributed by atoms with E-state index in [1.54, 1.807) is 0 Å². The van der Waals surface area contributed by atoms with Crippen LogP contribution in [0.25, 0.3) is 0 Å². The van der Waals surface area contributed by atoms with Gasteiger partial charge in [0.25, 0.3) is 0 Å². The Morgan fingerprint density at radius 2 is 1.86 bits per heavy atom. The van der Waals surface area contributed by atoms with E-state index in [1.165, 1.54) is 12.1 Å². The van der Waals surface area contributed by atoms with Crippen molar-refractivity contribution in [3.63, 3.8) is 0 Å². The minimum atomic E-state index is -0.860. The van der Waals surface area contributed by atoms with E-state index in [1.807, 2.05) is 32.0 Å². The number of hydrogen-bond donors (Lipinski definition) is 1. The smallest absolute Gasteiger partial charge is 0.163 e.